The van der Waals surface area contributed by atoms with Gasteiger partial charge in [-0.2, -0.15) is 0 Å². The second-order valence-corrected chi connectivity index (χ2v) is 5.87. The summed E-state index contributed by atoms with van der Waals surface area (Å²) in [5.41, 5.74) is 1.91. The summed E-state index contributed by atoms with van der Waals surface area (Å²) < 4.78 is 16.2. The Labute approximate surface area is 158 Å². The molecule has 0 fully saturated rings. The predicted octanol–water partition coefficient (Wildman–Crippen LogP) is 1.69. The van der Waals surface area contributed by atoms with E-state index in [1.807, 2.05) is 0 Å². The van der Waals surface area contributed by atoms with Gasteiger partial charge in [0.1, 0.15) is 0 Å². The van der Waals surface area contributed by atoms with Gasteiger partial charge < -0.3 is 24.7 Å². The highest BCUT2D eigenvalue weighted by Crippen LogP contribution is 2.41. The van der Waals surface area contributed by atoms with Crippen molar-refractivity contribution in [3.63, 3.8) is 0 Å². The van der Waals surface area contributed by atoms with E-state index in [1.165, 1.54) is 19.4 Å². The molecule has 0 atom stereocenters. The number of carbonyl (C=O) groups is 2. The molecule has 2 heterocycles. The Bertz CT molecular complexity index is 772. The van der Waals surface area contributed by atoms with Crippen LogP contribution in [-0.2, 0) is 19.1 Å². The average molecular weight is 376 g/mol. The molecule has 0 bridgehead atoms. The lowest BCUT2D eigenvalue weighted by Crippen LogP contribution is -2.35. The number of allylic oxidation sites excluding steroid dienone is 2. The second kappa shape index (κ2) is 8.57. The minimum atomic E-state index is -0.860. The van der Waals surface area contributed by atoms with E-state index >= 15 is 0 Å². The Kier molecular flexibility index (Phi) is 6.44. The summed E-state index contributed by atoms with van der Waals surface area (Å²) in [7, 11) is 1.36. The topological polar surface area (TPSA) is 101 Å². The van der Waals surface area contributed by atoms with Gasteiger partial charge in [0.05, 0.1) is 43.0 Å². The summed E-state index contributed by atoms with van der Waals surface area (Å²) in [6, 6.07) is 3.17. The highest BCUT2D eigenvalue weighted by molar-refractivity contribution is 6.00. The number of hydrogen-bond acceptors (Lipinski definition) is 7. The summed E-state index contributed by atoms with van der Waals surface area (Å²) in [4.78, 5) is 25.4. The maximum absolute atomic E-state index is 12.7. The van der Waals surface area contributed by atoms with Gasteiger partial charge in [-0.15, -0.1) is 4.73 Å². The number of rotatable bonds is 6. The van der Waals surface area contributed by atoms with Crippen LogP contribution in [0.4, 0.5) is 0 Å². The highest BCUT2D eigenvalue weighted by Gasteiger charge is 2.41. The van der Waals surface area contributed by atoms with E-state index in [0.717, 1.165) is 0 Å². The summed E-state index contributed by atoms with van der Waals surface area (Å²) in [6.07, 6.45) is 1.28. The average Bonchev–Trinajstić information content (AvgIpc) is 2.61. The molecule has 1 aromatic rings. The molecular formula is C19H24N2O6. The van der Waals surface area contributed by atoms with Gasteiger partial charge >= 0.3 is 17.8 Å². The number of nitrogens with one attached hydrogen (secondary N) is 1. The van der Waals surface area contributed by atoms with Crippen LogP contribution < -0.4 is 14.8 Å². The molecule has 0 saturated heterocycles. The lowest BCUT2D eigenvalue weighted by atomic mass is 9.80. The molecule has 0 radical (unpaired) electrons. The summed E-state index contributed by atoms with van der Waals surface area (Å²) in [6.45, 7) is 7.17. The van der Waals surface area contributed by atoms with Gasteiger partial charge in [0.2, 0.25) is 0 Å². The second-order valence-electron chi connectivity index (χ2n) is 5.87. The summed E-state index contributed by atoms with van der Waals surface area (Å²) in [5.74, 6) is -2.02. The first-order valence-electron chi connectivity index (χ1n) is 8.66. The van der Waals surface area contributed by atoms with Crippen LogP contribution in [-0.4, -0.2) is 32.3 Å². The number of aromatic nitrogens is 1. The zero-order valence-electron chi connectivity index (χ0n) is 16.1. The normalized spacial score (nSPS) is 14.7. The van der Waals surface area contributed by atoms with Crippen molar-refractivity contribution in [2.24, 2.45) is 0 Å². The number of carbonyl (C=O) groups excluding carboxylic acids is 2. The van der Waals surface area contributed by atoms with Gasteiger partial charge in [0.25, 0.3) is 0 Å². The van der Waals surface area contributed by atoms with E-state index in [2.05, 4.69) is 5.32 Å². The Balaban J connectivity index is 2.75. The molecule has 0 aromatic carbocycles. The molecule has 0 aliphatic carbocycles. The van der Waals surface area contributed by atoms with Gasteiger partial charge in [-0.3, -0.25) is 0 Å². The molecular weight excluding hydrogens is 352 g/mol. The van der Waals surface area contributed by atoms with Gasteiger partial charge in [0.15, 0.2) is 6.20 Å². The van der Waals surface area contributed by atoms with Gasteiger partial charge in [-0.05, 0) is 33.8 Å². The fourth-order valence-corrected chi connectivity index (χ4v) is 3.18. The monoisotopic (exact) mass is 376 g/mol. The minimum absolute atomic E-state index is 0.00593. The number of dihydropyridines is 1. The van der Waals surface area contributed by atoms with Crippen molar-refractivity contribution in [1.29, 1.82) is 0 Å². The van der Waals surface area contributed by atoms with Crippen molar-refractivity contribution in [3.05, 3.63) is 51.6 Å². The van der Waals surface area contributed by atoms with Crippen LogP contribution in [0.2, 0.25) is 0 Å². The molecule has 146 valence electrons. The molecule has 2 rings (SSSR count). The number of pyridine rings is 1. The third kappa shape index (κ3) is 3.89. The van der Waals surface area contributed by atoms with Crippen molar-refractivity contribution < 1.29 is 28.5 Å². The summed E-state index contributed by atoms with van der Waals surface area (Å²) >= 11 is 0. The van der Waals surface area contributed by atoms with Gasteiger partial charge in [0, 0.05) is 17.5 Å². The van der Waals surface area contributed by atoms with E-state index in [0.29, 0.717) is 21.7 Å². The highest BCUT2D eigenvalue weighted by atomic mass is 16.5. The van der Waals surface area contributed by atoms with Crippen molar-refractivity contribution >= 4 is 11.9 Å². The maximum Gasteiger partial charge on any atom is 0.383 e. The van der Waals surface area contributed by atoms with Crippen LogP contribution in [0.5, 0.6) is 5.88 Å². The number of nitrogens with zero attached hydrogens (tertiary/aromatic N) is 1. The quantitative estimate of drug-likeness (QED) is 0.458. The van der Waals surface area contributed by atoms with E-state index in [-0.39, 0.29) is 30.2 Å². The molecule has 0 amide bonds. The Morgan fingerprint density at radius 1 is 1.11 bits per heavy atom. The van der Waals surface area contributed by atoms with Crippen LogP contribution >= 0.6 is 0 Å². The Morgan fingerprint density at radius 2 is 1.63 bits per heavy atom. The van der Waals surface area contributed by atoms with Gasteiger partial charge in [-0.25, -0.2) is 9.59 Å². The smallest absolute Gasteiger partial charge is 0.383 e. The van der Waals surface area contributed by atoms with Crippen molar-refractivity contribution in [1.82, 2.24) is 5.32 Å². The molecule has 0 saturated carbocycles. The standard InChI is InChI=1S/C19H24N2O6/c1-6-26-18(22)14-11(3)20-12(4)15(19(23)27-7-2)16(14)13-9-8-10-21(24)17(13)25-5/h8-10,16,20H,6-7H2,1-5H3. The first-order valence-corrected chi connectivity index (χ1v) is 8.66. The molecule has 1 aromatic heterocycles. The number of hydrogen-bond donors (Lipinski definition) is 1. The maximum atomic E-state index is 12.7. The SMILES string of the molecule is CCOC(=O)C1=C(C)NC(C)=C(C(=O)OCC)C1c1ccc[n+]([O-])c1OC. The molecule has 0 unspecified atom stereocenters. The summed E-state index contributed by atoms with van der Waals surface area (Å²) in [5, 5.41) is 15.2. The van der Waals surface area contributed by atoms with Crippen LogP contribution in [0.15, 0.2) is 40.9 Å². The van der Waals surface area contributed by atoms with Crippen LogP contribution in [0.3, 0.4) is 0 Å². The zero-order chi connectivity index (χ0) is 20.1. The molecule has 27 heavy (non-hydrogen) atoms. The van der Waals surface area contributed by atoms with E-state index in [9.17, 15) is 14.8 Å². The molecule has 0 spiro atoms. The van der Waals surface area contributed by atoms with Crippen molar-refractivity contribution in [2.75, 3.05) is 20.3 Å². The van der Waals surface area contributed by atoms with Crippen LogP contribution in [0, 0.1) is 5.21 Å². The van der Waals surface area contributed by atoms with E-state index < -0.39 is 17.9 Å². The fourth-order valence-electron chi connectivity index (χ4n) is 3.18. The number of ether oxygens (including phenoxy) is 3. The largest absolute Gasteiger partial charge is 0.616 e. The number of esters is 2. The van der Waals surface area contributed by atoms with Crippen LogP contribution in [0.1, 0.15) is 39.2 Å². The fraction of sp³-hybridized carbons (Fsp3) is 0.421. The van der Waals surface area contributed by atoms with Crippen LogP contribution in [0.25, 0.3) is 0 Å². The predicted molar refractivity (Wildman–Crippen MR) is 96.5 cm³/mol. The molecule has 1 N–H and O–H groups in total. The molecule has 1 aliphatic rings. The lowest BCUT2D eigenvalue weighted by molar-refractivity contribution is -0.612. The Morgan fingerprint density at radius 3 is 2.07 bits per heavy atom. The molecule has 1 aliphatic heterocycles. The minimum Gasteiger partial charge on any atom is -0.616 e. The number of methoxy groups -OCH3 is 1. The lowest BCUT2D eigenvalue weighted by Gasteiger charge is -2.30. The van der Waals surface area contributed by atoms with E-state index in [4.69, 9.17) is 14.2 Å². The third-order valence-corrected chi connectivity index (χ3v) is 4.20. The van der Waals surface area contributed by atoms with Crippen molar-refractivity contribution in [2.45, 2.75) is 33.6 Å². The zero-order valence-corrected chi connectivity index (χ0v) is 16.1. The first kappa shape index (κ1) is 20.3. The molecule has 8 nitrogen and oxygen atoms in total. The van der Waals surface area contributed by atoms with Gasteiger partial charge in [-0.1, -0.05) is 0 Å². The van der Waals surface area contributed by atoms with E-state index in [1.54, 1.807) is 33.8 Å². The first-order chi connectivity index (χ1) is 12.9. The third-order valence-electron chi connectivity index (χ3n) is 4.20. The van der Waals surface area contributed by atoms with Crippen molar-refractivity contribution in [3.8, 4) is 5.88 Å². The molecule has 8 heteroatoms. The Hall–Kier alpha value is -3.03.